The van der Waals surface area contributed by atoms with Gasteiger partial charge in [0.05, 0.1) is 6.04 Å². The van der Waals surface area contributed by atoms with Gasteiger partial charge in [0.2, 0.25) is 5.82 Å². The molecule has 0 aliphatic rings. The third-order valence-corrected chi connectivity index (χ3v) is 4.79. The molecular formula is C22H20N8O2. The van der Waals surface area contributed by atoms with Crippen LogP contribution in [-0.2, 0) is 6.54 Å². The molecule has 2 heterocycles. The van der Waals surface area contributed by atoms with Gasteiger partial charge in [0, 0.05) is 18.2 Å². The van der Waals surface area contributed by atoms with Crippen LogP contribution in [0.3, 0.4) is 0 Å². The molecular weight excluding hydrogens is 408 g/mol. The van der Waals surface area contributed by atoms with Crippen molar-refractivity contribution in [2.45, 2.75) is 19.5 Å². The van der Waals surface area contributed by atoms with Gasteiger partial charge in [-0.1, -0.05) is 54.6 Å². The minimum Gasteiger partial charge on any atom is -0.347 e. The highest BCUT2D eigenvalue weighted by Crippen LogP contribution is 2.14. The SMILES string of the molecule is C[C@H](NC(=O)c1cc(C(=O)NCc2ccc(-c3nn[nH]n3)cc2)ncn1)c1ccccc1. The van der Waals surface area contributed by atoms with Crippen LogP contribution < -0.4 is 10.6 Å². The number of hydrogen-bond donors (Lipinski definition) is 3. The Labute approximate surface area is 183 Å². The van der Waals surface area contributed by atoms with Crippen molar-refractivity contribution in [2.24, 2.45) is 0 Å². The molecule has 0 saturated carbocycles. The van der Waals surface area contributed by atoms with E-state index < -0.39 is 5.91 Å². The highest BCUT2D eigenvalue weighted by atomic mass is 16.2. The lowest BCUT2D eigenvalue weighted by atomic mass is 10.1. The number of H-pyrrole nitrogens is 1. The standard InChI is InChI=1S/C22H20N8O2/c1-14(16-5-3-2-4-6-16)26-22(32)19-11-18(24-13-25-19)21(31)23-12-15-7-9-17(10-8-15)20-27-29-30-28-20/h2-11,13-14H,12H2,1H3,(H,23,31)(H,26,32)(H,27,28,29,30)/t14-/m0/s1. The van der Waals surface area contributed by atoms with Crippen LogP contribution in [0.5, 0.6) is 0 Å². The van der Waals surface area contributed by atoms with E-state index in [0.29, 0.717) is 12.4 Å². The summed E-state index contributed by atoms with van der Waals surface area (Å²) in [6.07, 6.45) is 1.21. The van der Waals surface area contributed by atoms with E-state index in [0.717, 1.165) is 16.7 Å². The van der Waals surface area contributed by atoms with Gasteiger partial charge in [0.25, 0.3) is 11.8 Å². The van der Waals surface area contributed by atoms with E-state index in [1.807, 2.05) is 61.5 Å². The minimum atomic E-state index is -0.403. The molecule has 1 atom stereocenters. The predicted octanol–water partition coefficient (Wildman–Crippen LogP) is 2.08. The molecule has 0 aliphatic carbocycles. The van der Waals surface area contributed by atoms with Crippen LogP contribution in [0.15, 0.2) is 67.0 Å². The molecule has 2 amide bonds. The Morgan fingerprint density at radius 3 is 2.38 bits per heavy atom. The van der Waals surface area contributed by atoms with E-state index >= 15 is 0 Å². The Hall–Kier alpha value is -4.47. The molecule has 0 bridgehead atoms. The van der Waals surface area contributed by atoms with Crippen LogP contribution in [0.1, 0.15) is 45.1 Å². The highest BCUT2D eigenvalue weighted by Gasteiger charge is 2.16. The normalized spacial score (nSPS) is 11.5. The summed E-state index contributed by atoms with van der Waals surface area (Å²) in [5.74, 6) is -0.288. The van der Waals surface area contributed by atoms with Gasteiger partial charge < -0.3 is 10.6 Å². The van der Waals surface area contributed by atoms with Crippen LogP contribution in [0.4, 0.5) is 0 Å². The van der Waals surface area contributed by atoms with Crippen molar-refractivity contribution in [3.05, 3.63) is 89.5 Å². The van der Waals surface area contributed by atoms with Gasteiger partial charge in [0.1, 0.15) is 17.7 Å². The number of amides is 2. The highest BCUT2D eigenvalue weighted by molar-refractivity contribution is 5.97. The molecule has 0 aliphatic heterocycles. The second-order valence-electron chi connectivity index (χ2n) is 7.01. The topological polar surface area (TPSA) is 138 Å². The second kappa shape index (κ2) is 9.56. The van der Waals surface area contributed by atoms with Gasteiger partial charge in [-0.2, -0.15) is 5.21 Å². The van der Waals surface area contributed by atoms with Gasteiger partial charge in [-0.25, -0.2) is 9.97 Å². The average Bonchev–Trinajstić information content (AvgIpc) is 3.38. The van der Waals surface area contributed by atoms with Crippen molar-refractivity contribution in [2.75, 3.05) is 0 Å². The number of aromatic nitrogens is 6. The first kappa shape index (κ1) is 20.8. The summed E-state index contributed by atoms with van der Waals surface area (Å²) in [5, 5.41) is 19.4. The molecule has 2 aromatic carbocycles. The molecule has 0 fully saturated rings. The lowest BCUT2D eigenvalue weighted by molar-refractivity contribution is 0.0934. The molecule has 0 saturated heterocycles. The molecule has 160 valence electrons. The third kappa shape index (κ3) is 4.98. The predicted molar refractivity (Wildman–Crippen MR) is 115 cm³/mol. The Bertz CT molecular complexity index is 1190. The second-order valence-corrected chi connectivity index (χ2v) is 7.01. The molecule has 4 aromatic rings. The zero-order chi connectivity index (χ0) is 22.3. The molecule has 3 N–H and O–H groups in total. The first-order chi connectivity index (χ1) is 15.6. The van der Waals surface area contributed by atoms with E-state index in [4.69, 9.17) is 0 Å². The third-order valence-electron chi connectivity index (χ3n) is 4.79. The van der Waals surface area contributed by atoms with Crippen molar-refractivity contribution in [1.82, 2.24) is 41.2 Å². The monoisotopic (exact) mass is 428 g/mol. The van der Waals surface area contributed by atoms with E-state index in [1.165, 1.54) is 12.4 Å². The number of nitrogens with zero attached hydrogens (tertiary/aromatic N) is 5. The van der Waals surface area contributed by atoms with Crippen molar-refractivity contribution < 1.29 is 9.59 Å². The van der Waals surface area contributed by atoms with E-state index in [-0.39, 0.29) is 23.3 Å². The largest absolute Gasteiger partial charge is 0.347 e. The summed E-state index contributed by atoms with van der Waals surface area (Å²) in [6, 6.07) is 18.2. The minimum absolute atomic E-state index is 0.112. The number of tetrazole rings is 1. The number of aromatic amines is 1. The van der Waals surface area contributed by atoms with E-state index in [9.17, 15) is 9.59 Å². The van der Waals surface area contributed by atoms with Crippen LogP contribution in [0, 0.1) is 0 Å². The fourth-order valence-corrected chi connectivity index (χ4v) is 3.03. The van der Waals surface area contributed by atoms with Crippen LogP contribution in [-0.4, -0.2) is 42.4 Å². The fraction of sp³-hybridized carbons (Fsp3) is 0.136. The number of hydrogen-bond acceptors (Lipinski definition) is 7. The summed E-state index contributed by atoms with van der Waals surface area (Å²) < 4.78 is 0. The maximum absolute atomic E-state index is 12.6. The summed E-state index contributed by atoms with van der Waals surface area (Å²) in [4.78, 5) is 33.1. The fourth-order valence-electron chi connectivity index (χ4n) is 3.03. The molecule has 2 aromatic heterocycles. The zero-order valence-electron chi connectivity index (χ0n) is 17.2. The maximum Gasteiger partial charge on any atom is 0.270 e. The zero-order valence-corrected chi connectivity index (χ0v) is 17.2. The average molecular weight is 428 g/mol. The molecule has 0 unspecified atom stereocenters. The Morgan fingerprint density at radius 1 is 0.969 bits per heavy atom. The Balaban J connectivity index is 1.36. The van der Waals surface area contributed by atoms with Gasteiger partial charge in [-0.3, -0.25) is 9.59 Å². The van der Waals surface area contributed by atoms with E-state index in [2.05, 4.69) is 41.2 Å². The summed E-state index contributed by atoms with van der Waals surface area (Å²) in [7, 11) is 0. The lowest BCUT2D eigenvalue weighted by Crippen LogP contribution is -2.29. The van der Waals surface area contributed by atoms with Crippen molar-refractivity contribution in [1.29, 1.82) is 0 Å². The summed E-state index contributed by atoms with van der Waals surface area (Å²) >= 11 is 0. The molecule has 0 spiro atoms. The number of carbonyl (C=O) groups excluding carboxylic acids is 2. The molecule has 0 radical (unpaired) electrons. The van der Waals surface area contributed by atoms with Crippen molar-refractivity contribution in [3.8, 4) is 11.4 Å². The first-order valence-corrected chi connectivity index (χ1v) is 9.89. The molecule has 4 rings (SSSR count). The van der Waals surface area contributed by atoms with E-state index in [1.54, 1.807) is 0 Å². The van der Waals surface area contributed by atoms with Crippen LogP contribution in [0.2, 0.25) is 0 Å². The lowest BCUT2D eigenvalue weighted by Gasteiger charge is -2.14. The molecule has 10 nitrogen and oxygen atoms in total. The quantitative estimate of drug-likeness (QED) is 0.410. The van der Waals surface area contributed by atoms with Crippen molar-refractivity contribution >= 4 is 11.8 Å². The number of nitrogens with one attached hydrogen (secondary N) is 3. The Morgan fingerprint density at radius 2 is 1.69 bits per heavy atom. The maximum atomic E-state index is 12.6. The number of carbonyl (C=O) groups is 2. The Kier molecular flexibility index (Phi) is 6.21. The smallest absolute Gasteiger partial charge is 0.270 e. The van der Waals surface area contributed by atoms with Gasteiger partial charge in [-0.15, -0.1) is 10.2 Å². The number of benzene rings is 2. The summed E-state index contributed by atoms with van der Waals surface area (Å²) in [6.45, 7) is 2.17. The van der Waals surface area contributed by atoms with Crippen molar-refractivity contribution in [3.63, 3.8) is 0 Å². The van der Waals surface area contributed by atoms with Gasteiger partial charge in [-0.05, 0) is 23.3 Å². The van der Waals surface area contributed by atoms with Crippen LogP contribution in [0.25, 0.3) is 11.4 Å². The molecule has 32 heavy (non-hydrogen) atoms. The van der Waals surface area contributed by atoms with Gasteiger partial charge >= 0.3 is 0 Å². The van der Waals surface area contributed by atoms with Gasteiger partial charge in [0.15, 0.2) is 0 Å². The number of rotatable bonds is 7. The van der Waals surface area contributed by atoms with Crippen LogP contribution >= 0.6 is 0 Å². The molecule has 10 heteroatoms. The summed E-state index contributed by atoms with van der Waals surface area (Å²) in [5.41, 5.74) is 2.90. The first-order valence-electron chi connectivity index (χ1n) is 9.89.